The van der Waals surface area contributed by atoms with Crippen LogP contribution in [-0.2, 0) is 21.4 Å². The molecular weight excluding hydrogens is 350 g/mol. The summed E-state index contributed by atoms with van der Waals surface area (Å²) in [5.74, 6) is 0.321. The fraction of sp³-hybridized carbons (Fsp3) is 0.316. The zero-order valence-corrected chi connectivity index (χ0v) is 15.8. The second-order valence-electron chi connectivity index (χ2n) is 5.70. The van der Waals surface area contributed by atoms with Crippen molar-refractivity contribution in [2.75, 3.05) is 25.6 Å². The van der Waals surface area contributed by atoms with Crippen LogP contribution in [-0.4, -0.2) is 42.0 Å². The molecule has 0 radical (unpaired) electrons. The fourth-order valence-corrected chi connectivity index (χ4v) is 2.33. The van der Waals surface area contributed by atoms with E-state index in [1.165, 1.54) is 11.8 Å². The van der Waals surface area contributed by atoms with Crippen molar-refractivity contribution in [1.82, 2.24) is 9.78 Å². The molecule has 1 N–H and O–H groups in total. The zero-order chi connectivity index (χ0) is 19.8. The minimum absolute atomic E-state index is 0.336. The SMILES string of the molecule is C/C=C/c1ccc(OCC(=O)OCC(=O)Nc2cc(C)nn2C)c(OC)c1. The summed E-state index contributed by atoms with van der Waals surface area (Å²) in [5.41, 5.74) is 1.72. The third kappa shape index (κ3) is 5.88. The fourth-order valence-electron chi connectivity index (χ4n) is 2.33. The summed E-state index contributed by atoms with van der Waals surface area (Å²) in [4.78, 5) is 23.7. The number of aryl methyl sites for hydroxylation is 2. The maximum atomic E-state index is 11.9. The summed E-state index contributed by atoms with van der Waals surface area (Å²) in [6.07, 6.45) is 3.83. The van der Waals surface area contributed by atoms with Gasteiger partial charge in [0.2, 0.25) is 0 Å². The number of benzene rings is 1. The third-order valence-corrected chi connectivity index (χ3v) is 3.53. The highest BCUT2D eigenvalue weighted by molar-refractivity contribution is 5.92. The van der Waals surface area contributed by atoms with Crippen LogP contribution in [0.5, 0.6) is 11.5 Å². The average Bonchev–Trinajstić information content (AvgIpc) is 2.95. The number of hydrogen-bond acceptors (Lipinski definition) is 6. The first-order valence-corrected chi connectivity index (χ1v) is 8.32. The molecule has 0 saturated heterocycles. The number of nitrogens with zero attached hydrogens (tertiary/aromatic N) is 2. The van der Waals surface area contributed by atoms with Gasteiger partial charge in [0.05, 0.1) is 12.8 Å². The molecule has 0 saturated carbocycles. The molecule has 1 aromatic carbocycles. The lowest BCUT2D eigenvalue weighted by atomic mass is 10.2. The molecule has 0 bridgehead atoms. The maximum absolute atomic E-state index is 11.9. The second-order valence-corrected chi connectivity index (χ2v) is 5.70. The van der Waals surface area contributed by atoms with Gasteiger partial charge < -0.3 is 19.5 Å². The van der Waals surface area contributed by atoms with Crippen molar-refractivity contribution in [3.05, 3.63) is 41.6 Å². The van der Waals surface area contributed by atoms with Gasteiger partial charge in [-0.05, 0) is 31.5 Å². The van der Waals surface area contributed by atoms with Gasteiger partial charge in [0.1, 0.15) is 5.82 Å². The van der Waals surface area contributed by atoms with Crippen molar-refractivity contribution in [3.63, 3.8) is 0 Å². The van der Waals surface area contributed by atoms with Crippen molar-refractivity contribution < 1.29 is 23.8 Å². The lowest BCUT2D eigenvalue weighted by molar-refractivity contribution is -0.149. The number of aromatic nitrogens is 2. The first kappa shape index (κ1) is 20.0. The Balaban J connectivity index is 1.82. The normalized spacial score (nSPS) is 10.7. The summed E-state index contributed by atoms with van der Waals surface area (Å²) in [7, 11) is 3.22. The van der Waals surface area contributed by atoms with Crippen molar-refractivity contribution in [2.24, 2.45) is 7.05 Å². The smallest absolute Gasteiger partial charge is 0.344 e. The van der Waals surface area contributed by atoms with E-state index >= 15 is 0 Å². The number of ether oxygens (including phenoxy) is 3. The van der Waals surface area contributed by atoms with Gasteiger partial charge in [-0.25, -0.2) is 4.79 Å². The molecule has 1 amide bonds. The highest BCUT2D eigenvalue weighted by Gasteiger charge is 2.12. The van der Waals surface area contributed by atoms with Gasteiger partial charge in [0, 0.05) is 13.1 Å². The summed E-state index contributed by atoms with van der Waals surface area (Å²) in [6.45, 7) is 2.98. The molecule has 0 aliphatic heterocycles. The molecule has 0 atom stereocenters. The highest BCUT2D eigenvalue weighted by Crippen LogP contribution is 2.28. The van der Waals surface area contributed by atoms with Crippen LogP contribution in [0, 0.1) is 6.92 Å². The predicted molar refractivity (Wildman–Crippen MR) is 101 cm³/mol. The molecule has 0 aliphatic rings. The molecule has 1 heterocycles. The van der Waals surface area contributed by atoms with Gasteiger partial charge in [0.25, 0.3) is 5.91 Å². The number of nitrogens with one attached hydrogen (secondary N) is 1. The van der Waals surface area contributed by atoms with Crippen LogP contribution in [0.15, 0.2) is 30.3 Å². The van der Waals surface area contributed by atoms with Gasteiger partial charge >= 0.3 is 5.97 Å². The number of carbonyl (C=O) groups is 2. The van der Waals surface area contributed by atoms with E-state index in [-0.39, 0.29) is 6.61 Å². The average molecular weight is 373 g/mol. The van der Waals surface area contributed by atoms with Crippen LogP contribution in [0.4, 0.5) is 5.82 Å². The van der Waals surface area contributed by atoms with E-state index in [0.29, 0.717) is 17.3 Å². The molecular formula is C19H23N3O5. The van der Waals surface area contributed by atoms with Crippen LogP contribution in [0.2, 0.25) is 0 Å². The van der Waals surface area contributed by atoms with Crippen LogP contribution >= 0.6 is 0 Å². The minimum Gasteiger partial charge on any atom is -0.493 e. The Morgan fingerprint density at radius 2 is 2.00 bits per heavy atom. The lowest BCUT2D eigenvalue weighted by Gasteiger charge is -2.11. The van der Waals surface area contributed by atoms with Crippen molar-refractivity contribution in [3.8, 4) is 11.5 Å². The molecule has 0 aliphatic carbocycles. The Labute approximate surface area is 157 Å². The van der Waals surface area contributed by atoms with E-state index < -0.39 is 18.5 Å². The van der Waals surface area contributed by atoms with Crippen molar-refractivity contribution >= 4 is 23.8 Å². The Morgan fingerprint density at radius 1 is 1.22 bits per heavy atom. The Hall–Kier alpha value is -3.29. The molecule has 144 valence electrons. The van der Waals surface area contributed by atoms with Crippen LogP contribution in [0.25, 0.3) is 6.08 Å². The number of methoxy groups -OCH3 is 1. The lowest BCUT2D eigenvalue weighted by Crippen LogP contribution is -2.24. The molecule has 8 nitrogen and oxygen atoms in total. The van der Waals surface area contributed by atoms with E-state index in [0.717, 1.165) is 11.3 Å². The molecule has 1 aromatic heterocycles. The summed E-state index contributed by atoms with van der Waals surface area (Å²) >= 11 is 0. The predicted octanol–water partition coefficient (Wildman–Crippen LogP) is 2.33. The number of hydrogen-bond donors (Lipinski definition) is 1. The number of allylic oxidation sites excluding steroid dienone is 1. The largest absolute Gasteiger partial charge is 0.493 e. The molecule has 2 rings (SSSR count). The number of esters is 1. The Morgan fingerprint density at radius 3 is 2.63 bits per heavy atom. The molecule has 8 heteroatoms. The van der Waals surface area contributed by atoms with E-state index in [1.807, 2.05) is 32.1 Å². The molecule has 0 spiro atoms. The third-order valence-electron chi connectivity index (χ3n) is 3.53. The van der Waals surface area contributed by atoms with Crippen LogP contribution in [0.3, 0.4) is 0 Å². The van der Waals surface area contributed by atoms with Crippen LogP contribution < -0.4 is 14.8 Å². The number of amides is 1. The first-order chi connectivity index (χ1) is 12.9. The standard InChI is InChI=1S/C19H23N3O5/c1-5-6-14-7-8-15(16(10-14)25-4)26-12-19(24)27-11-18(23)20-17-9-13(2)21-22(17)3/h5-10H,11-12H2,1-4H3,(H,20,23)/b6-5+. The number of rotatable bonds is 8. The van der Waals surface area contributed by atoms with E-state index in [9.17, 15) is 9.59 Å². The van der Waals surface area contributed by atoms with Gasteiger partial charge in [0.15, 0.2) is 24.7 Å². The zero-order valence-electron chi connectivity index (χ0n) is 15.8. The monoisotopic (exact) mass is 373 g/mol. The Bertz CT molecular complexity index is 842. The molecule has 27 heavy (non-hydrogen) atoms. The minimum atomic E-state index is -0.661. The second kappa shape index (κ2) is 9.42. The van der Waals surface area contributed by atoms with Crippen LogP contribution in [0.1, 0.15) is 18.2 Å². The first-order valence-electron chi connectivity index (χ1n) is 8.32. The van der Waals surface area contributed by atoms with Gasteiger partial charge in [-0.1, -0.05) is 18.2 Å². The Kier molecular flexibility index (Phi) is 6.99. The number of carbonyl (C=O) groups excluding carboxylic acids is 2. The number of anilines is 1. The van der Waals surface area contributed by atoms with Crippen molar-refractivity contribution in [2.45, 2.75) is 13.8 Å². The maximum Gasteiger partial charge on any atom is 0.344 e. The van der Waals surface area contributed by atoms with E-state index in [4.69, 9.17) is 14.2 Å². The van der Waals surface area contributed by atoms with Crippen molar-refractivity contribution in [1.29, 1.82) is 0 Å². The van der Waals surface area contributed by atoms with E-state index in [1.54, 1.807) is 25.2 Å². The quantitative estimate of drug-likeness (QED) is 0.714. The molecule has 0 fully saturated rings. The summed E-state index contributed by atoms with van der Waals surface area (Å²) in [5, 5.41) is 6.73. The molecule has 2 aromatic rings. The highest BCUT2D eigenvalue weighted by atomic mass is 16.6. The van der Waals surface area contributed by atoms with Gasteiger partial charge in [-0.15, -0.1) is 0 Å². The molecule has 0 unspecified atom stereocenters. The topological polar surface area (TPSA) is 91.7 Å². The van der Waals surface area contributed by atoms with Gasteiger partial charge in [-0.3, -0.25) is 9.48 Å². The summed E-state index contributed by atoms with van der Waals surface area (Å²) < 4.78 is 17.1. The van der Waals surface area contributed by atoms with Gasteiger partial charge in [-0.2, -0.15) is 5.10 Å². The summed E-state index contributed by atoms with van der Waals surface area (Å²) in [6, 6.07) is 7.06. The van der Waals surface area contributed by atoms with E-state index in [2.05, 4.69) is 10.4 Å².